The minimum Gasteiger partial charge on any atom is -0.453 e. The number of ether oxygens (including phenoxy) is 1. The molecular formula is C8H17NO2. The predicted molar refractivity (Wildman–Crippen MR) is 44.5 cm³/mol. The van der Waals surface area contributed by atoms with Crippen LogP contribution in [0, 0.1) is 5.41 Å². The SMILES string of the molecule is COC(=O)NC(C)C(C)(C)C. The largest absolute Gasteiger partial charge is 0.453 e. The standard InChI is InChI=1S/C8H17NO2/c1-6(8(2,3)4)9-7(10)11-5/h6H,1-5H3,(H,9,10). The lowest BCUT2D eigenvalue weighted by molar-refractivity contribution is 0.156. The van der Waals surface area contributed by atoms with Crippen LogP contribution in [0.25, 0.3) is 0 Å². The van der Waals surface area contributed by atoms with Crippen LogP contribution >= 0.6 is 0 Å². The Balaban J connectivity index is 3.87. The summed E-state index contributed by atoms with van der Waals surface area (Å²) in [5.74, 6) is 0. The molecule has 66 valence electrons. The van der Waals surface area contributed by atoms with Gasteiger partial charge in [-0.15, -0.1) is 0 Å². The van der Waals surface area contributed by atoms with E-state index in [0.717, 1.165) is 0 Å². The zero-order chi connectivity index (χ0) is 9.07. The molecule has 0 saturated heterocycles. The van der Waals surface area contributed by atoms with E-state index in [-0.39, 0.29) is 17.6 Å². The third-order valence-electron chi connectivity index (χ3n) is 1.82. The third-order valence-corrected chi connectivity index (χ3v) is 1.82. The van der Waals surface area contributed by atoms with Gasteiger partial charge < -0.3 is 10.1 Å². The minimum absolute atomic E-state index is 0.0776. The van der Waals surface area contributed by atoms with E-state index in [1.807, 2.05) is 6.92 Å². The van der Waals surface area contributed by atoms with Crippen molar-refractivity contribution < 1.29 is 9.53 Å². The lowest BCUT2D eigenvalue weighted by Crippen LogP contribution is -2.41. The van der Waals surface area contributed by atoms with Crippen molar-refractivity contribution in [1.82, 2.24) is 5.32 Å². The number of carbonyl (C=O) groups is 1. The van der Waals surface area contributed by atoms with Crippen LogP contribution in [0.3, 0.4) is 0 Å². The fraction of sp³-hybridized carbons (Fsp3) is 0.875. The molecule has 0 fully saturated rings. The normalized spacial score (nSPS) is 13.9. The van der Waals surface area contributed by atoms with E-state index in [1.165, 1.54) is 7.11 Å². The molecule has 0 aromatic carbocycles. The monoisotopic (exact) mass is 159 g/mol. The average molecular weight is 159 g/mol. The number of nitrogens with one attached hydrogen (secondary N) is 1. The Labute approximate surface area is 68.1 Å². The molecule has 0 aliphatic rings. The zero-order valence-corrected chi connectivity index (χ0v) is 7.89. The number of rotatable bonds is 1. The van der Waals surface area contributed by atoms with Crippen molar-refractivity contribution in [2.45, 2.75) is 33.7 Å². The van der Waals surface area contributed by atoms with E-state index >= 15 is 0 Å². The molecule has 0 aliphatic carbocycles. The second kappa shape index (κ2) is 3.60. The Morgan fingerprint density at radius 3 is 2.18 bits per heavy atom. The quantitative estimate of drug-likeness (QED) is 0.633. The first-order valence-corrected chi connectivity index (χ1v) is 3.72. The number of methoxy groups -OCH3 is 1. The van der Waals surface area contributed by atoms with Crippen LogP contribution < -0.4 is 5.32 Å². The summed E-state index contributed by atoms with van der Waals surface area (Å²) in [5.41, 5.74) is 0.0776. The molecule has 0 aromatic heterocycles. The lowest BCUT2D eigenvalue weighted by atomic mass is 9.88. The summed E-state index contributed by atoms with van der Waals surface area (Å²) in [6.45, 7) is 8.14. The fourth-order valence-corrected chi connectivity index (χ4v) is 0.452. The van der Waals surface area contributed by atoms with E-state index in [4.69, 9.17) is 0 Å². The Kier molecular flexibility index (Phi) is 3.36. The number of amides is 1. The van der Waals surface area contributed by atoms with Crippen molar-refractivity contribution in [1.29, 1.82) is 0 Å². The van der Waals surface area contributed by atoms with Gasteiger partial charge in [-0.2, -0.15) is 0 Å². The molecule has 0 heterocycles. The molecule has 0 spiro atoms. The highest BCUT2D eigenvalue weighted by molar-refractivity contribution is 5.67. The maximum absolute atomic E-state index is 10.7. The molecule has 1 amide bonds. The van der Waals surface area contributed by atoms with Crippen molar-refractivity contribution >= 4 is 6.09 Å². The Bertz CT molecular complexity index is 138. The van der Waals surface area contributed by atoms with Gasteiger partial charge in [0.25, 0.3) is 0 Å². The highest BCUT2D eigenvalue weighted by atomic mass is 16.5. The number of hydrogen-bond acceptors (Lipinski definition) is 2. The molecule has 3 nitrogen and oxygen atoms in total. The van der Waals surface area contributed by atoms with Crippen molar-refractivity contribution in [3.8, 4) is 0 Å². The van der Waals surface area contributed by atoms with E-state index in [9.17, 15) is 4.79 Å². The van der Waals surface area contributed by atoms with E-state index < -0.39 is 0 Å². The Hall–Kier alpha value is -0.730. The van der Waals surface area contributed by atoms with Crippen molar-refractivity contribution in [2.75, 3.05) is 7.11 Å². The highest BCUT2D eigenvalue weighted by Crippen LogP contribution is 2.18. The van der Waals surface area contributed by atoms with E-state index in [0.29, 0.717) is 0 Å². The van der Waals surface area contributed by atoms with Crippen LogP contribution in [0.4, 0.5) is 4.79 Å². The smallest absolute Gasteiger partial charge is 0.407 e. The third kappa shape index (κ3) is 3.86. The van der Waals surface area contributed by atoms with E-state index in [2.05, 4.69) is 30.8 Å². The molecule has 1 N–H and O–H groups in total. The van der Waals surface area contributed by atoms with Gasteiger partial charge >= 0.3 is 6.09 Å². The van der Waals surface area contributed by atoms with Crippen molar-refractivity contribution in [2.24, 2.45) is 5.41 Å². The summed E-state index contributed by atoms with van der Waals surface area (Å²) >= 11 is 0. The molecule has 1 unspecified atom stereocenters. The van der Waals surface area contributed by atoms with Crippen LogP contribution in [0.1, 0.15) is 27.7 Å². The molecule has 11 heavy (non-hydrogen) atoms. The fourth-order valence-electron chi connectivity index (χ4n) is 0.452. The van der Waals surface area contributed by atoms with Gasteiger partial charge in [0.05, 0.1) is 7.11 Å². The van der Waals surface area contributed by atoms with Gasteiger partial charge in [0.2, 0.25) is 0 Å². The first kappa shape index (κ1) is 10.3. The second-order valence-electron chi connectivity index (χ2n) is 3.72. The second-order valence-corrected chi connectivity index (χ2v) is 3.72. The average Bonchev–Trinajstić information content (AvgIpc) is 1.85. The minimum atomic E-state index is -0.368. The van der Waals surface area contributed by atoms with E-state index in [1.54, 1.807) is 0 Å². The number of hydrogen-bond donors (Lipinski definition) is 1. The van der Waals surface area contributed by atoms with Gasteiger partial charge in [-0.1, -0.05) is 20.8 Å². The summed E-state index contributed by atoms with van der Waals surface area (Å²) in [7, 11) is 1.37. The van der Waals surface area contributed by atoms with Crippen molar-refractivity contribution in [3.63, 3.8) is 0 Å². The molecule has 3 heteroatoms. The first-order valence-electron chi connectivity index (χ1n) is 3.72. The summed E-state index contributed by atoms with van der Waals surface area (Å²) in [6, 6.07) is 0.120. The van der Waals surface area contributed by atoms with Crippen LogP contribution in [0.2, 0.25) is 0 Å². The molecular weight excluding hydrogens is 142 g/mol. The molecule has 0 rings (SSSR count). The van der Waals surface area contributed by atoms with Gasteiger partial charge in [0, 0.05) is 6.04 Å². The molecule has 0 aromatic rings. The predicted octanol–water partition coefficient (Wildman–Crippen LogP) is 1.78. The maximum atomic E-state index is 10.7. The van der Waals surface area contributed by atoms with Gasteiger partial charge in [-0.25, -0.2) is 4.79 Å². The van der Waals surface area contributed by atoms with Gasteiger partial charge in [0.15, 0.2) is 0 Å². The van der Waals surface area contributed by atoms with Crippen LogP contribution in [0.5, 0.6) is 0 Å². The summed E-state index contributed by atoms with van der Waals surface area (Å²) < 4.78 is 4.47. The van der Waals surface area contributed by atoms with Crippen LogP contribution in [0.15, 0.2) is 0 Å². The van der Waals surface area contributed by atoms with Crippen LogP contribution in [-0.4, -0.2) is 19.2 Å². The molecule has 0 bridgehead atoms. The number of alkyl carbamates (subject to hydrolysis) is 1. The summed E-state index contributed by atoms with van der Waals surface area (Å²) in [6.07, 6.45) is -0.368. The maximum Gasteiger partial charge on any atom is 0.407 e. The molecule has 1 atom stereocenters. The Morgan fingerprint density at radius 1 is 1.45 bits per heavy atom. The van der Waals surface area contributed by atoms with Gasteiger partial charge in [0.1, 0.15) is 0 Å². The van der Waals surface area contributed by atoms with Gasteiger partial charge in [-0.3, -0.25) is 0 Å². The molecule has 0 aliphatic heterocycles. The van der Waals surface area contributed by atoms with Gasteiger partial charge in [-0.05, 0) is 12.3 Å². The number of carbonyl (C=O) groups excluding carboxylic acids is 1. The zero-order valence-electron chi connectivity index (χ0n) is 7.89. The summed E-state index contributed by atoms with van der Waals surface area (Å²) in [5, 5.41) is 2.71. The first-order chi connectivity index (χ1) is 4.88. The van der Waals surface area contributed by atoms with Crippen LogP contribution in [-0.2, 0) is 4.74 Å². The highest BCUT2D eigenvalue weighted by Gasteiger charge is 2.21. The van der Waals surface area contributed by atoms with Crippen molar-refractivity contribution in [3.05, 3.63) is 0 Å². The Morgan fingerprint density at radius 2 is 1.91 bits per heavy atom. The molecule has 0 radical (unpaired) electrons. The molecule has 0 saturated carbocycles. The topological polar surface area (TPSA) is 38.3 Å². The lowest BCUT2D eigenvalue weighted by Gasteiger charge is -2.27. The summed E-state index contributed by atoms with van der Waals surface area (Å²) in [4.78, 5) is 10.7.